The average Bonchev–Trinajstić information content (AvgIpc) is 3.11. The third kappa shape index (κ3) is 4.39. The van der Waals surface area contributed by atoms with Gasteiger partial charge in [-0.25, -0.2) is 14.4 Å². The van der Waals surface area contributed by atoms with Gasteiger partial charge in [0.2, 0.25) is 5.91 Å². The first kappa shape index (κ1) is 19.0. The summed E-state index contributed by atoms with van der Waals surface area (Å²) in [6, 6.07) is 6.38. The van der Waals surface area contributed by atoms with Gasteiger partial charge in [-0.1, -0.05) is 18.0 Å². The molecule has 2 aliphatic rings. The molecule has 1 N–H and O–H groups in total. The van der Waals surface area contributed by atoms with Crippen LogP contribution in [0.15, 0.2) is 35.5 Å². The first-order valence-electron chi connectivity index (χ1n) is 9.62. The van der Waals surface area contributed by atoms with Crippen molar-refractivity contribution in [3.05, 3.63) is 52.4 Å². The van der Waals surface area contributed by atoms with Gasteiger partial charge in [-0.05, 0) is 50.2 Å². The summed E-state index contributed by atoms with van der Waals surface area (Å²) >= 11 is 5.98. The number of aliphatic imine (C=N–C) groups is 1. The molecule has 4 rings (SSSR count). The number of rotatable bonds is 5. The molecule has 2 aromatic rings. The van der Waals surface area contributed by atoms with Crippen LogP contribution < -0.4 is 5.32 Å². The number of amides is 1. The number of nitrogens with zero attached hydrogens (tertiary/aromatic N) is 3. The number of hydrogen-bond donors (Lipinski definition) is 1. The quantitative estimate of drug-likeness (QED) is 0.810. The Morgan fingerprint density at radius 3 is 2.86 bits per heavy atom. The zero-order chi connectivity index (χ0) is 19.5. The Kier molecular flexibility index (Phi) is 5.69. The first-order valence-corrected chi connectivity index (χ1v) is 10.0. The molecular weight excluding hydrogens is 379 g/mol. The highest BCUT2D eigenvalue weighted by Gasteiger charge is 2.21. The van der Waals surface area contributed by atoms with Gasteiger partial charge in [-0.15, -0.1) is 0 Å². The van der Waals surface area contributed by atoms with Crippen molar-refractivity contribution in [2.75, 3.05) is 25.0 Å². The largest absolute Gasteiger partial charge is 0.326 e. The van der Waals surface area contributed by atoms with Crippen molar-refractivity contribution < 1.29 is 9.18 Å². The topological polar surface area (TPSA) is 57.6 Å². The van der Waals surface area contributed by atoms with Crippen molar-refractivity contribution in [2.45, 2.75) is 32.1 Å². The van der Waals surface area contributed by atoms with Crippen molar-refractivity contribution in [3.63, 3.8) is 0 Å². The lowest BCUT2D eigenvalue weighted by Gasteiger charge is -2.25. The van der Waals surface area contributed by atoms with Gasteiger partial charge < -0.3 is 10.2 Å². The number of aromatic nitrogens is 1. The number of nitrogens with one attached hydrogen (secondary N) is 1. The van der Waals surface area contributed by atoms with Crippen LogP contribution in [0, 0.1) is 5.82 Å². The number of hydrogen-bond acceptors (Lipinski definition) is 4. The lowest BCUT2D eigenvalue weighted by atomic mass is 10.0. The predicted octanol–water partition coefficient (Wildman–Crippen LogP) is 4.37. The highest BCUT2D eigenvalue weighted by Crippen LogP contribution is 2.30. The number of benzene rings is 1. The Bertz CT molecular complexity index is 925. The minimum Gasteiger partial charge on any atom is -0.326 e. The second-order valence-electron chi connectivity index (χ2n) is 7.27. The van der Waals surface area contributed by atoms with Crippen LogP contribution in [-0.4, -0.2) is 41.1 Å². The molecule has 1 fully saturated rings. The van der Waals surface area contributed by atoms with Gasteiger partial charge in [0.25, 0.3) is 0 Å². The van der Waals surface area contributed by atoms with E-state index in [9.17, 15) is 9.18 Å². The maximum Gasteiger partial charge on any atom is 0.225 e. The fraction of sp³-hybridized carbons (Fsp3) is 0.381. The molecule has 0 spiro atoms. The Hall–Kier alpha value is -2.31. The summed E-state index contributed by atoms with van der Waals surface area (Å²) in [5, 5.41) is 3.41. The lowest BCUT2D eigenvalue weighted by Crippen LogP contribution is -2.32. The fourth-order valence-corrected chi connectivity index (χ4v) is 3.88. The van der Waals surface area contributed by atoms with E-state index in [1.807, 2.05) is 0 Å². The van der Waals surface area contributed by atoms with Gasteiger partial charge in [0.05, 0.1) is 10.7 Å². The van der Waals surface area contributed by atoms with Gasteiger partial charge >= 0.3 is 0 Å². The van der Waals surface area contributed by atoms with E-state index < -0.39 is 0 Å². The molecule has 0 aliphatic carbocycles. The van der Waals surface area contributed by atoms with E-state index in [2.05, 4.69) is 20.2 Å². The number of carbonyl (C=O) groups is 1. The van der Waals surface area contributed by atoms with Gasteiger partial charge in [-0.3, -0.25) is 4.79 Å². The van der Waals surface area contributed by atoms with Gasteiger partial charge in [0.1, 0.15) is 5.82 Å². The molecule has 2 aliphatic heterocycles. The van der Waals surface area contributed by atoms with Crippen molar-refractivity contribution in [1.29, 1.82) is 0 Å². The Morgan fingerprint density at radius 1 is 1.21 bits per heavy atom. The summed E-state index contributed by atoms with van der Waals surface area (Å²) in [4.78, 5) is 23.2. The Balaban J connectivity index is 1.42. The monoisotopic (exact) mass is 400 g/mol. The van der Waals surface area contributed by atoms with E-state index in [4.69, 9.17) is 11.6 Å². The van der Waals surface area contributed by atoms with Crippen LogP contribution in [0.4, 0.5) is 15.9 Å². The average molecular weight is 401 g/mol. The molecule has 3 heterocycles. The van der Waals surface area contributed by atoms with Crippen molar-refractivity contribution in [2.24, 2.45) is 4.99 Å². The molecule has 0 radical (unpaired) electrons. The van der Waals surface area contributed by atoms with E-state index in [1.165, 1.54) is 31.5 Å². The third-order valence-electron chi connectivity index (χ3n) is 5.17. The van der Waals surface area contributed by atoms with Crippen molar-refractivity contribution in [3.8, 4) is 0 Å². The molecule has 1 aromatic carbocycles. The SMILES string of the molecule is O=C(CCN1CCCCC1)Nc1ccc(F)c(C2=Nc3ncc(Cl)cc3C2)c1. The lowest BCUT2D eigenvalue weighted by molar-refractivity contribution is -0.116. The minimum absolute atomic E-state index is 0.0618. The molecule has 5 nitrogen and oxygen atoms in total. The highest BCUT2D eigenvalue weighted by molar-refractivity contribution is 6.30. The molecule has 1 saturated heterocycles. The number of halogens is 2. The summed E-state index contributed by atoms with van der Waals surface area (Å²) in [6.45, 7) is 2.88. The third-order valence-corrected chi connectivity index (χ3v) is 5.38. The molecule has 146 valence electrons. The van der Waals surface area contributed by atoms with E-state index in [0.29, 0.717) is 40.6 Å². The molecule has 0 unspecified atom stereocenters. The maximum absolute atomic E-state index is 14.4. The summed E-state index contributed by atoms with van der Waals surface area (Å²) < 4.78 is 14.4. The first-order chi connectivity index (χ1) is 13.6. The normalized spacial score (nSPS) is 16.6. The standard InChI is InChI=1S/C21H22ClFN4O/c22-15-10-14-11-19(26-21(14)24-13-15)17-12-16(4-5-18(17)23)25-20(28)6-9-27-7-2-1-3-8-27/h4-5,10,12-13H,1-3,6-9,11H2,(H,25,28). The number of anilines is 1. The molecule has 0 saturated carbocycles. The van der Waals surface area contributed by atoms with Crippen molar-refractivity contribution >= 4 is 34.7 Å². The van der Waals surface area contributed by atoms with Gasteiger partial charge in [0, 0.05) is 42.4 Å². The number of piperidine rings is 1. The number of pyridine rings is 1. The maximum atomic E-state index is 14.4. The zero-order valence-electron chi connectivity index (χ0n) is 15.5. The number of likely N-dealkylation sites (tertiary alicyclic amines) is 1. The second kappa shape index (κ2) is 8.37. The molecule has 0 bridgehead atoms. The molecule has 0 atom stereocenters. The smallest absolute Gasteiger partial charge is 0.225 e. The summed E-state index contributed by atoms with van der Waals surface area (Å²) in [5.41, 5.74) is 2.41. The van der Waals surface area contributed by atoms with E-state index in [1.54, 1.807) is 18.2 Å². The molecule has 28 heavy (non-hydrogen) atoms. The van der Waals surface area contributed by atoms with Crippen molar-refractivity contribution in [1.82, 2.24) is 9.88 Å². The fourth-order valence-electron chi connectivity index (χ4n) is 3.70. The number of carbonyl (C=O) groups excluding carboxylic acids is 1. The number of fused-ring (bicyclic) bond motifs is 1. The predicted molar refractivity (Wildman–Crippen MR) is 109 cm³/mol. The van der Waals surface area contributed by atoms with E-state index in [0.717, 1.165) is 25.2 Å². The van der Waals surface area contributed by atoms with E-state index >= 15 is 0 Å². The minimum atomic E-state index is -0.371. The Labute approximate surface area is 168 Å². The second-order valence-corrected chi connectivity index (χ2v) is 7.70. The zero-order valence-corrected chi connectivity index (χ0v) is 16.3. The van der Waals surface area contributed by atoms with Crippen LogP contribution >= 0.6 is 11.6 Å². The Morgan fingerprint density at radius 2 is 2.04 bits per heavy atom. The van der Waals surface area contributed by atoms with Crippen LogP contribution in [-0.2, 0) is 11.2 Å². The van der Waals surface area contributed by atoms with Gasteiger partial charge in [-0.2, -0.15) is 0 Å². The highest BCUT2D eigenvalue weighted by atomic mass is 35.5. The summed E-state index contributed by atoms with van der Waals surface area (Å²) in [6.07, 6.45) is 6.10. The van der Waals surface area contributed by atoms with Crippen LogP contribution in [0.25, 0.3) is 0 Å². The molecular formula is C21H22ClFN4O. The summed E-state index contributed by atoms with van der Waals surface area (Å²) in [7, 11) is 0. The van der Waals surface area contributed by atoms with Crippen LogP contribution in [0.3, 0.4) is 0 Å². The van der Waals surface area contributed by atoms with E-state index in [-0.39, 0.29) is 11.7 Å². The summed E-state index contributed by atoms with van der Waals surface area (Å²) in [5.74, 6) is 0.131. The molecule has 1 aromatic heterocycles. The molecule has 7 heteroatoms. The van der Waals surface area contributed by atoms with Crippen LogP contribution in [0.1, 0.15) is 36.8 Å². The molecule has 1 amide bonds. The van der Waals surface area contributed by atoms with Gasteiger partial charge in [0.15, 0.2) is 5.82 Å². The van der Waals surface area contributed by atoms with Crippen LogP contribution in [0.2, 0.25) is 5.02 Å². The van der Waals surface area contributed by atoms with Crippen LogP contribution in [0.5, 0.6) is 0 Å².